The van der Waals surface area contributed by atoms with Crippen molar-refractivity contribution >= 4 is 29.6 Å². The summed E-state index contributed by atoms with van der Waals surface area (Å²) >= 11 is 0. The molecule has 0 radical (unpaired) electrons. The van der Waals surface area contributed by atoms with Gasteiger partial charge in [0.2, 0.25) is 17.8 Å². The number of H-pyrrole nitrogens is 1. The lowest BCUT2D eigenvalue weighted by Gasteiger charge is -2.34. The highest BCUT2D eigenvalue weighted by Crippen LogP contribution is 2.34. The molecular formula is C42H52N10O4. The van der Waals surface area contributed by atoms with Crippen molar-refractivity contribution in [3.8, 4) is 22.4 Å². The van der Waals surface area contributed by atoms with Gasteiger partial charge in [0.25, 0.3) is 0 Å². The summed E-state index contributed by atoms with van der Waals surface area (Å²) in [5, 5.41) is 13.0. The fraction of sp³-hybridized carbons (Fsp3) is 0.429. The van der Waals surface area contributed by atoms with Gasteiger partial charge in [0.05, 0.1) is 36.8 Å². The van der Waals surface area contributed by atoms with Gasteiger partial charge in [-0.25, -0.2) is 19.7 Å². The summed E-state index contributed by atoms with van der Waals surface area (Å²) in [7, 11) is 1.30. The maximum atomic E-state index is 13.8. The molecular weight excluding hydrogens is 709 g/mol. The van der Waals surface area contributed by atoms with Gasteiger partial charge < -0.3 is 40.8 Å². The summed E-state index contributed by atoms with van der Waals surface area (Å²) in [4.78, 5) is 60.0. The minimum Gasteiger partial charge on any atom is -0.453 e. The Morgan fingerprint density at radius 2 is 1.39 bits per heavy atom. The van der Waals surface area contributed by atoms with E-state index in [-0.39, 0.29) is 41.9 Å². The number of hydrogen-bond acceptors (Lipinski definition) is 10. The van der Waals surface area contributed by atoms with Crippen molar-refractivity contribution in [2.24, 2.45) is 11.8 Å². The van der Waals surface area contributed by atoms with Crippen LogP contribution >= 0.6 is 0 Å². The molecule has 2 aromatic carbocycles. The SMILES string of the molecule is COC(=O)N[C@H](C(=O)N1CCC[C@H]1C1NC=C(c2ccc(-c3ccc(-c4cnc([C@@H]5CCCN5C(=O)[C@@H](Nc5ncccn5)C(C)C)[nH]4)cc3)cc2)N1)C(C)C. The number of imidazole rings is 1. The van der Waals surface area contributed by atoms with Crippen LogP contribution in [0, 0.1) is 11.8 Å². The average molecular weight is 761 g/mol. The van der Waals surface area contributed by atoms with E-state index < -0.39 is 18.2 Å². The first kappa shape index (κ1) is 38.4. The quantitative estimate of drug-likeness (QED) is 0.124. The summed E-state index contributed by atoms with van der Waals surface area (Å²) in [5.41, 5.74) is 6.10. The zero-order chi connectivity index (χ0) is 39.3. The first-order chi connectivity index (χ1) is 27.1. The molecule has 2 saturated heterocycles. The van der Waals surface area contributed by atoms with E-state index in [0.717, 1.165) is 65.2 Å². The van der Waals surface area contributed by atoms with Crippen LogP contribution in [-0.2, 0) is 14.3 Å². The third kappa shape index (κ3) is 8.19. The minimum atomic E-state index is -0.654. The largest absolute Gasteiger partial charge is 0.453 e. The second-order valence-corrected chi connectivity index (χ2v) is 15.4. The number of hydrogen-bond donors (Lipinski definition) is 5. The topological polar surface area (TPSA) is 170 Å². The maximum absolute atomic E-state index is 13.8. The van der Waals surface area contributed by atoms with Gasteiger partial charge in [0, 0.05) is 31.7 Å². The predicted molar refractivity (Wildman–Crippen MR) is 214 cm³/mol. The van der Waals surface area contributed by atoms with Gasteiger partial charge in [0.15, 0.2) is 0 Å². The Labute approximate surface area is 327 Å². The number of aromatic nitrogens is 4. The number of rotatable bonds is 12. The van der Waals surface area contributed by atoms with Gasteiger partial charge in [-0.05, 0) is 65.8 Å². The van der Waals surface area contributed by atoms with Crippen LogP contribution in [0.5, 0.6) is 0 Å². The van der Waals surface area contributed by atoms with Gasteiger partial charge >= 0.3 is 6.09 Å². The first-order valence-corrected chi connectivity index (χ1v) is 19.6. The number of alkyl carbamates (subject to hydrolysis) is 1. The van der Waals surface area contributed by atoms with Crippen molar-refractivity contribution in [1.82, 2.24) is 45.7 Å². The molecule has 2 aromatic heterocycles. The van der Waals surface area contributed by atoms with Crippen LogP contribution in [0.15, 0.2) is 79.4 Å². The maximum Gasteiger partial charge on any atom is 0.407 e. The van der Waals surface area contributed by atoms with Crippen LogP contribution in [0.4, 0.5) is 10.7 Å². The molecule has 294 valence electrons. The molecule has 5 N–H and O–H groups in total. The van der Waals surface area contributed by atoms with Gasteiger partial charge in [0.1, 0.15) is 24.1 Å². The molecule has 4 aromatic rings. The number of amides is 3. The fourth-order valence-electron chi connectivity index (χ4n) is 7.95. The third-order valence-corrected chi connectivity index (χ3v) is 11.0. The predicted octanol–water partition coefficient (Wildman–Crippen LogP) is 5.52. The number of ether oxygens (including phenoxy) is 1. The number of nitrogens with zero attached hydrogens (tertiary/aromatic N) is 5. The number of benzene rings is 2. The molecule has 5 atom stereocenters. The van der Waals surface area contributed by atoms with Crippen molar-refractivity contribution in [2.45, 2.75) is 83.7 Å². The number of likely N-dealkylation sites (tertiary alicyclic amines) is 2. The van der Waals surface area contributed by atoms with Crippen LogP contribution in [0.25, 0.3) is 28.1 Å². The van der Waals surface area contributed by atoms with E-state index in [4.69, 9.17) is 9.72 Å². The summed E-state index contributed by atoms with van der Waals surface area (Å²) in [6.07, 6.45) is 9.91. The number of anilines is 1. The molecule has 56 heavy (non-hydrogen) atoms. The zero-order valence-corrected chi connectivity index (χ0v) is 32.7. The van der Waals surface area contributed by atoms with E-state index in [2.05, 4.69) is 84.8 Å². The van der Waals surface area contributed by atoms with Crippen molar-refractivity contribution < 1.29 is 19.1 Å². The normalized spacial score (nSPS) is 20.3. The van der Waals surface area contributed by atoms with Gasteiger partial charge in [-0.2, -0.15) is 0 Å². The second kappa shape index (κ2) is 16.8. The van der Waals surface area contributed by atoms with Crippen molar-refractivity contribution in [3.63, 3.8) is 0 Å². The fourth-order valence-corrected chi connectivity index (χ4v) is 7.95. The second-order valence-electron chi connectivity index (χ2n) is 15.4. The molecule has 1 unspecified atom stereocenters. The number of aromatic amines is 1. The highest BCUT2D eigenvalue weighted by molar-refractivity contribution is 5.87. The van der Waals surface area contributed by atoms with Crippen LogP contribution in [0.2, 0.25) is 0 Å². The summed E-state index contributed by atoms with van der Waals surface area (Å²) in [5.74, 6) is 1.13. The molecule has 0 spiro atoms. The van der Waals surface area contributed by atoms with E-state index >= 15 is 0 Å². The lowest BCUT2D eigenvalue weighted by molar-refractivity contribution is -0.136. The molecule has 3 aliphatic heterocycles. The van der Waals surface area contributed by atoms with E-state index in [1.807, 2.05) is 49.9 Å². The summed E-state index contributed by atoms with van der Waals surface area (Å²) < 4.78 is 4.77. The van der Waals surface area contributed by atoms with E-state index in [1.165, 1.54) is 7.11 Å². The lowest BCUT2D eigenvalue weighted by Crippen LogP contribution is -2.57. The van der Waals surface area contributed by atoms with Crippen molar-refractivity contribution in [2.75, 3.05) is 25.5 Å². The Balaban J connectivity index is 0.967. The van der Waals surface area contributed by atoms with Gasteiger partial charge in [-0.3, -0.25) is 9.59 Å². The number of nitrogens with one attached hydrogen (secondary N) is 5. The Kier molecular flexibility index (Phi) is 11.5. The van der Waals surface area contributed by atoms with E-state index in [1.54, 1.807) is 18.5 Å². The Bertz CT molecular complexity index is 2010. The molecule has 3 aliphatic rings. The third-order valence-electron chi connectivity index (χ3n) is 11.0. The van der Waals surface area contributed by atoms with Crippen LogP contribution in [-0.4, -0.2) is 92.1 Å². The van der Waals surface area contributed by atoms with Crippen LogP contribution in [0.1, 0.15) is 70.8 Å². The zero-order valence-electron chi connectivity index (χ0n) is 32.7. The highest BCUT2D eigenvalue weighted by Gasteiger charge is 2.40. The van der Waals surface area contributed by atoms with E-state index in [0.29, 0.717) is 19.0 Å². The Morgan fingerprint density at radius 3 is 2.05 bits per heavy atom. The molecule has 0 saturated carbocycles. The molecule has 3 amide bonds. The minimum absolute atomic E-state index is 0.0259. The molecule has 0 bridgehead atoms. The molecule has 0 aliphatic carbocycles. The van der Waals surface area contributed by atoms with Gasteiger partial charge in [-0.15, -0.1) is 0 Å². The van der Waals surface area contributed by atoms with Crippen LogP contribution < -0.4 is 21.3 Å². The van der Waals surface area contributed by atoms with E-state index in [9.17, 15) is 14.4 Å². The molecule has 2 fully saturated rings. The monoisotopic (exact) mass is 760 g/mol. The number of methoxy groups -OCH3 is 1. The molecule has 14 heteroatoms. The van der Waals surface area contributed by atoms with Crippen LogP contribution in [0.3, 0.4) is 0 Å². The standard InChI is InChI=1S/C42H52N10O4/c1-25(2)35(49-41-43-19-8-20-44-41)39(53)51-21-6-9-33(51)37-45-23-31(47-37)29-15-11-27(12-16-29)28-13-17-30(18-14-28)32-24-46-38(48-32)34-10-7-22-52(34)40(54)36(26(3)4)50-42(55)56-5/h8,11-20,23-26,33-36,38,46,48H,6-7,9-10,21-22H2,1-5H3,(H,45,47)(H,50,55)(H,43,44,49)/t33-,34-,35-,36-,38?/m0/s1. The van der Waals surface area contributed by atoms with Crippen molar-refractivity contribution in [1.29, 1.82) is 0 Å². The Hall–Kier alpha value is -5.92. The Morgan fingerprint density at radius 1 is 0.786 bits per heavy atom. The number of carbonyl (C=O) groups is 3. The molecule has 14 nitrogen and oxygen atoms in total. The average Bonchev–Trinajstić information content (AvgIpc) is 4.06. The summed E-state index contributed by atoms with van der Waals surface area (Å²) in [6.45, 7) is 9.21. The smallest absolute Gasteiger partial charge is 0.407 e. The summed E-state index contributed by atoms with van der Waals surface area (Å²) in [6, 6.07) is 17.3. The van der Waals surface area contributed by atoms with Gasteiger partial charge in [-0.1, -0.05) is 76.2 Å². The highest BCUT2D eigenvalue weighted by atomic mass is 16.5. The number of carbonyl (C=O) groups excluding carboxylic acids is 3. The first-order valence-electron chi connectivity index (χ1n) is 19.6. The molecule has 7 rings (SSSR count). The lowest BCUT2D eigenvalue weighted by atomic mass is 10.0. The molecule has 5 heterocycles. The van der Waals surface area contributed by atoms with Crippen molar-refractivity contribution in [3.05, 3.63) is 90.8 Å².